The van der Waals surface area contributed by atoms with Crippen LogP contribution in [-0.4, -0.2) is 19.3 Å². The fourth-order valence-corrected chi connectivity index (χ4v) is 3.80. The van der Waals surface area contributed by atoms with Crippen molar-refractivity contribution >= 4 is 23.2 Å². The van der Waals surface area contributed by atoms with E-state index < -0.39 is 0 Å². The molecule has 4 unspecified atom stereocenters. The molecule has 2 aliphatic heterocycles. The molecule has 2 saturated heterocycles. The average molecular weight is 286 g/mol. The zero-order chi connectivity index (χ0) is 12.7. The van der Waals surface area contributed by atoms with Gasteiger partial charge in [-0.1, -0.05) is 23.2 Å². The maximum atomic E-state index is 6.31. The zero-order valence-corrected chi connectivity index (χ0v) is 11.8. The monoisotopic (exact) mass is 285 g/mol. The largest absolute Gasteiger partial charge is 0.375 e. The molecule has 2 fully saturated rings. The lowest BCUT2D eigenvalue weighted by atomic mass is 9.81. The Morgan fingerprint density at radius 2 is 2.17 bits per heavy atom. The molecule has 3 rings (SSSR count). The minimum absolute atomic E-state index is 0.228. The maximum absolute atomic E-state index is 6.31. The fraction of sp³-hybridized carbons (Fsp3) is 0.571. The van der Waals surface area contributed by atoms with Crippen LogP contribution in [0.15, 0.2) is 18.2 Å². The highest BCUT2D eigenvalue weighted by Crippen LogP contribution is 2.45. The summed E-state index contributed by atoms with van der Waals surface area (Å²) in [6.07, 6.45) is 4.34. The van der Waals surface area contributed by atoms with Crippen LogP contribution >= 0.6 is 23.2 Å². The lowest BCUT2D eigenvalue weighted by Gasteiger charge is -2.29. The Bertz CT molecular complexity index is 451. The second kappa shape index (κ2) is 5.01. The molecule has 4 heteroatoms. The van der Waals surface area contributed by atoms with Gasteiger partial charge in [0.05, 0.1) is 12.2 Å². The van der Waals surface area contributed by atoms with Gasteiger partial charge in [-0.3, -0.25) is 0 Å². The molecule has 0 amide bonds. The van der Waals surface area contributed by atoms with Gasteiger partial charge in [-0.05, 0) is 50.1 Å². The van der Waals surface area contributed by atoms with Crippen LogP contribution in [0.3, 0.4) is 0 Å². The van der Waals surface area contributed by atoms with E-state index in [4.69, 9.17) is 27.9 Å². The standard InChI is InChI=1S/C14H17Cl2NO/c1-17-14(10-6-8(15)2-4-12(10)16)11-7-9-3-5-13(11)18-9/h2,4,6,9,11,13-14,17H,3,5,7H2,1H3. The number of hydrogen-bond acceptors (Lipinski definition) is 2. The van der Waals surface area contributed by atoms with Crippen molar-refractivity contribution in [2.75, 3.05) is 7.05 Å². The summed E-state index contributed by atoms with van der Waals surface area (Å²) in [5.74, 6) is 0.504. The van der Waals surface area contributed by atoms with Gasteiger partial charge in [0, 0.05) is 22.0 Å². The summed E-state index contributed by atoms with van der Waals surface area (Å²) in [4.78, 5) is 0. The van der Waals surface area contributed by atoms with Crippen molar-refractivity contribution in [1.82, 2.24) is 5.32 Å². The SMILES string of the molecule is CNC(c1cc(Cl)ccc1Cl)C1CC2CCC1O2. The molecule has 98 valence electrons. The molecule has 0 spiro atoms. The minimum atomic E-state index is 0.228. The number of hydrogen-bond donors (Lipinski definition) is 1. The molecule has 0 saturated carbocycles. The zero-order valence-electron chi connectivity index (χ0n) is 10.3. The Labute approximate surface area is 118 Å². The van der Waals surface area contributed by atoms with Crippen LogP contribution in [-0.2, 0) is 4.74 Å². The number of benzene rings is 1. The summed E-state index contributed by atoms with van der Waals surface area (Å²) in [6, 6.07) is 5.90. The predicted molar refractivity (Wildman–Crippen MR) is 74.3 cm³/mol. The molecule has 1 aromatic rings. The Morgan fingerprint density at radius 3 is 2.78 bits per heavy atom. The third-order valence-electron chi connectivity index (χ3n) is 4.19. The van der Waals surface area contributed by atoms with Gasteiger partial charge in [-0.15, -0.1) is 0 Å². The quantitative estimate of drug-likeness (QED) is 0.912. The van der Waals surface area contributed by atoms with Crippen LogP contribution in [0.4, 0.5) is 0 Å². The van der Waals surface area contributed by atoms with E-state index in [1.54, 1.807) is 0 Å². The number of nitrogens with one attached hydrogen (secondary N) is 1. The second-order valence-corrected chi connectivity index (χ2v) is 6.05. The van der Waals surface area contributed by atoms with E-state index in [-0.39, 0.29) is 6.04 Å². The van der Waals surface area contributed by atoms with Crippen molar-refractivity contribution in [2.24, 2.45) is 5.92 Å². The molecule has 4 atom stereocenters. The maximum Gasteiger partial charge on any atom is 0.0627 e. The van der Waals surface area contributed by atoms with Gasteiger partial charge in [0.1, 0.15) is 0 Å². The Hall–Kier alpha value is -0.280. The summed E-state index contributed by atoms with van der Waals surface area (Å²) >= 11 is 12.4. The van der Waals surface area contributed by atoms with Crippen LogP contribution in [0.2, 0.25) is 10.0 Å². The lowest BCUT2D eigenvalue weighted by molar-refractivity contribution is 0.0863. The Morgan fingerprint density at radius 1 is 1.33 bits per heavy atom. The second-order valence-electron chi connectivity index (χ2n) is 5.21. The summed E-state index contributed by atoms with van der Waals surface area (Å²) in [7, 11) is 1.98. The highest BCUT2D eigenvalue weighted by atomic mass is 35.5. The molecule has 2 aliphatic rings. The molecule has 18 heavy (non-hydrogen) atoms. The Balaban J connectivity index is 1.90. The highest BCUT2D eigenvalue weighted by Gasteiger charge is 2.44. The molecule has 2 bridgehead atoms. The van der Waals surface area contributed by atoms with Crippen molar-refractivity contribution in [3.8, 4) is 0 Å². The van der Waals surface area contributed by atoms with Gasteiger partial charge in [0.2, 0.25) is 0 Å². The summed E-state index contributed by atoms with van der Waals surface area (Å²) < 4.78 is 5.94. The van der Waals surface area contributed by atoms with Gasteiger partial charge >= 0.3 is 0 Å². The van der Waals surface area contributed by atoms with E-state index in [1.807, 2.05) is 25.2 Å². The normalized spacial score (nSPS) is 31.8. The van der Waals surface area contributed by atoms with Crippen LogP contribution in [0, 0.1) is 5.92 Å². The van der Waals surface area contributed by atoms with Crippen LogP contribution < -0.4 is 5.32 Å². The molecule has 0 aliphatic carbocycles. The predicted octanol–water partition coefficient (Wildman–Crippen LogP) is 3.82. The van der Waals surface area contributed by atoms with E-state index >= 15 is 0 Å². The lowest BCUT2D eigenvalue weighted by Crippen LogP contribution is -2.32. The van der Waals surface area contributed by atoms with E-state index in [0.29, 0.717) is 18.1 Å². The highest BCUT2D eigenvalue weighted by molar-refractivity contribution is 6.33. The first kappa shape index (κ1) is 12.7. The molecule has 0 aromatic heterocycles. The van der Waals surface area contributed by atoms with Crippen LogP contribution in [0.1, 0.15) is 30.9 Å². The molecule has 2 heterocycles. The van der Waals surface area contributed by atoms with Crippen molar-refractivity contribution in [3.05, 3.63) is 33.8 Å². The van der Waals surface area contributed by atoms with Gasteiger partial charge in [-0.25, -0.2) is 0 Å². The number of fused-ring (bicyclic) bond motifs is 2. The first-order valence-corrected chi connectivity index (χ1v) is 7.22. The molecular formula is C14H17Cl2NO. The third kappa shape index (κ3) is 2.16. The summed E-state index contributed by atoms with van der Waals surface area (Å²) in [5, 5.41) is 4.90. The fourth-order valence-electron chi connectivity index (χ4n) is 3.38. The summed E-state index contributed by atoms with van der Waals surface area (Å²) in [5.41, 5.74) is 1.09. The van der Waals surface area contributed by atoms with Crippen LogP contribution in [0.25, 0.3) is 0 Å². The van der Waals surface area contributed by atoms with Crippen molar-refractivity contribution in [3.63, 3.8) is 0 Å². The number of halogens is 2. The van der Waals surface area contributed by atoms with E-state index in [9.17, 15) is 0 Å². The van der Waals surface area contributed by atoms with Crippen molar-refractivity contribution in [1.29, 1.82) is 0 Å². The molecule has 2 nitrogen and oxygen atoms in total. The minimum Gasteiger partial charge on any atom is -0.375 e. The van der Waals surface area contributed by atoms with Gasteiger partial charge in [0.15, 0.2) is 0 Å². The van der Waals surface area contributed by atoms with Crippen molar-refractivity contribution in [2.45, 2.75) is 37.5 Å². The molecular weight excluding hydrogens is 269 g/mol. The Kier molecular flexibility index (Phi) is 3.55. The summed E-state index contributed by atoms with van der Waals surface area (Å²) in [6.45, 7) is 0. The first-order valence-electron chi connectivity index (χ1n) is 6.46. The van der Waals surface area contributed by atoms with Gasteiger partial charge < -0.3 is 10.1 Å². The van der Waals surface area contributed by atoms with E-state index in [2.05, 4.69) is 5.32 Å². The van der Waals surface area contributed by atoms with Crippen molar-refractivity contribution < 1.29 is 4.74 Å². The average Bonchev–Trinajstić information content (AvgIpc) is 2.97. The number of rotatable bonds is 3. The van der Waals surface area contributed by atoms with Gasteiger partial charge in [-0.2, -0.15) is 0 Å². The van der Waals surface area contributed by atoms with Gasteiger partial charge in [0.25, 0.3) is 0 Å². The smallest absolute Gasteiger partial charge is 0.0627 e. The topological polar surface area (TPSA) is 21.3 Å². The van der Waals surface area contributed by atoms with E-state index in [0.717, 1.165) is 22.0 Å². The molecule has 0 radical (unpaired) electrons. The molecule has 1 N–H and O–H groups in total. The molecule has 1 aromatic carbocycles. The third-order valence-corrected chi connectivity index (χ3v) is 4.76. The number of ether oxygens (including phenoxy) is 1. The van der Waals surface area contributed by atoms with E-state index in [1.165, 1.54) is 12.8 Å². The first-order chi connectivity index (χ1) is 8.69. The van der Waals surface area contributed by atoms with Crippen LogP contribution in [0.5, 0.6) is 0 Å².